The van der Waals surface area contributed by atoms with Crippen molar-refractivity contribution in [2.75, 3.05) is 0 Å². The molecule has 0 saturated carbocycles. The zero-order chi connectivity index (χ0) is 7.71. The van der Waals surface area contributed by atoms with E-state index >= 15 is 0 Å². The van der Waals surface area contributed by atoms with Gasteiger partial charge in [0.25, 0.3) is 0 Å². The summed E-state index contributed by atoms with van der Waals surface area (Å²) in [6, 6.07) is -5.42. The van der Waals surface area contributed by atoms with Crippen molar-refractivity contribution in [2.45, 2.75) is 5.67 Å². The van der Waals surface area contributed by atoms with Gasteiger partial charge in [0.15, 0.2) is 0 Å². The zero-order valence-corrected chi connectivity index (χ0v) is 10.5. The molecule has 0 nitrogen and oxygen atoms in total. The van der Waals surface area contributed by atoms with Gasteiger partial charge in [-0.3, -0.25) is 0 Å². The van der Waals surface area contributed by atoms with Gasteiger partial charge >= 0.3 is 12.0 Å². The fourth-order valence-electron chi connectivity index (χ4n) is 0.227. The van der Waals surface area contributed by atoms with Crippen LogP contribution in [0.1, 0.15) is 0 Å². The standard InChI is InChI=1S/CH2Cl6Si2/c2-8(3,4)1-9(5,6)7/h1H2. The molecule has 0 aromatic heterocycles. The molecule has 0 aromatic rings. The Morgan fingerprint density at radius 1 is 0.667 bits per heavy atom. The maximum absolute atomic E-state index is 5.47. The van der Waals surface area contributed by atoms with Crippen molar-refractivity contribution >= 4 is 78.5 Å². The maximum Gasteiger partial charge on any atom is 0.342 e. The predicted molar refractivity (Wildman–Crippen MR) is 51.4 cm³/mol. The Bertz CT molecular complexity index is 76.2. The summed E-state index contributed by atoms with van der Waals surface area (Å²) >= 11 is 32.8. The summed E-state index contributed by atoms with van der Waals surface area (Å²) in [6.45, 7) is 0. The van der Waals surface area contributed by atoms with E-state index in [1.165, 1.54) is 0 Å². The van der Waals surface area contributed by atoms with Gasteiger partial charge in [0.2, 0.25) is 0 Å². The second kappa shape index (κ2) is 3.72. The quantitative estimate of drug-likeness (QED) is 0.533. The molecule has 8 heteroatoms. The van der Waals surface area contributed by atoms with Crippen molar-refractivity contribution in [1.29, 1.82) is 0 Å². The molecule has 0 saturated heterocycles. The SMILES string of the molecule is Cl[Si](Cl)(Cl)C[Si](Cl)(Cl)Cl. The Morgan fingerprint density at radius 2 is 0.889 bits per heavy atom. The molecule has 0 aliphatic carbocycles. The first-order chi connectivity index (χ1) is 3.71. The fourth-order valence-corrected chi connectivity index (χ4v) is 18.4. The first kappa shape index (κ1) is 11.2. The van der Waals surface area contributed by atoms with Crippen molar-refractivity contribution in [3.8, 4) is 0 Å². The maximum atomic E-state index is 5.47. The average molecular weight is 283 g/mol. The van der Waals surface area contributed by atoms with Crippen LogP contribution in [-0.2, 0) is 0 Å². The topological polar surface area (TPSA) is 0 Å². The molecule has 0 rings (SSSR count). The van der Waals surface area contributed by atoms with Crippen LogP contribution in [-0.4, -0.2) is 12.0 Å². The Morgan fingerprint density at radius 3 is 0.889 bits per heavy atom. The van der Waals surface area contributed by atoms with Crippen LogP contribution in [0.25, 0.3) is 0 Å². The first-order valence-electron chi connectivity index (χ1n) is 1.84. The van der Waals surface area contributed by atoms with Crippen LogP contribution in [0.4, 0.5) is 0 Å². The monoisotopic (exact) mass is 280 g/mol. The summed E-state index contributed by atoms with van der Waals surface area (Å²) in [5.74, 6) is 0. The van der Waals surface area contributed by atoms with Crippen LogP contribution in [0, 0.1) is 0 Å². The van der Waals surface area contributed by atoms with E-state index in [4.69, 9.17) is 66.5 Å². The third-order valence-electron chi connectivity index (χ3n) is 0.401. The van der Waals surface area contributed by atoms with E-state index in [-0.39, 0.29) is 5.67 Å². The summed E-state index contributed by atoms with van der Waals surface area (Å²) in [4.78, 5) is 0. The molecule has 0 heterocycles. The minimum atomic E-state index is -2.71. The normalized spacial score (nSPS) is 14.0. The van der Waals surface area contributed by atoms with Crippen LogP contribution < -0.4 is 0 Å². The van der Waals surface area contributed by atoms with Crippen molar-refractivity contribution in [2.24, 2.45) is 0 Å². The highest BCUT2D eigenvalue weighted by molar-refractivity contribution is 7.75. The number of halogens is 6. The van der Waals surface area contributed by atoms with Gasteiger partial charge in [-0.15, -0.1) is 66.5 Å². The molecule has 0 amide bonds. The molecule has 0 unspecified atom stereocenters. The number of hydrogen-bond acceptors (Lipinski definition) is 0. The van der Waals surface area contributed by atoms with E-state index in [9.17, 15) is 0 Å². The van der Waals surface area contributed by atoms with Gasteiger partial charge in [-0.2, -0.15) is 0 Å². The highest BCUT2D eigenvalue weighted by atomic mass is 35.8. The Labute approximate surface area is 83.6 Å². The first-order valence-corrected chi connectivity index (χ1v) is 12.3. The van der Waals surface area contributed by atoms with Crippen molar-refractivity contribution in [3.63, 3.8) is 0 Å². The van der Waals surface area contributed by atoms with Gasteiger partial charge in [0.05, 0.1) is 0 Å². The molecule has 56 valence electrons. The van der Waals surface area contributed by atoms with Crippen LogP contribution in [0.3, 0.4) is 0 Å². The summed E-state index contributed by atoms with van der Waals surface area (Å²) in [5.41, 5.74) is 0.162. The predicted octanol–water partition coefficient (Wildman–Crippen LogP) is 3.84. The molecule has 0 bridgehead atoms. The Balaban J connectivity index is 3.75. The van der Waals surface area contributed by atoms with E-state index in [2.05, 4.69) is 0 Å². The third kappa shape index (κ3) is 10.2. The zero-order valence-electron chi connectivity index (χ0n) is 3.97. The van der Waals surface area contributed by atoms with Crippen molar-refractivity contribution < 1.29 is 0 Å². The van der Waals surface area contributed by atoms with E-state index in [1.807, 2.05) is 0 Å². The molecule has 0 spiro atoms. The van der Waals surface area contributed by atoms with Crippen LogP contribution >= 0.6 is 66.5 Å². The van der Waals surface area contributed by atoms with Gasteiger partial charge in [0, 0.05) is 5.67 Å². The van der Waals surface area contributed by atoms with E-state index in [0.29, 0.717) is 0 Å². The smallest absolute Gasteiger partial charge is 0.126 e. The van der Waals surface area contributed by atoms with Crippen molar-refractivity contribution in [1.82, 2.24) is 0 Å². The lowest BCUT2D eigenvalue weighted by Crippen LogP contribution is -2.23. The fraction of sp³-hybridized carbons (Fsp3) is 1.00. The molecule has 0 fully saturated rings. The van der Waals surface area contributed by atoms with E-state index in [1.54, 1.807) is 0 Å². The highest BCUT2D eigenvalue weighted by Crippen LogP contribution is 2.36. The molecule has 0 aromatic carbocycles. The number of hydrogen-bond donors (Lipinski definition) is 0. The van der Waals surface area contributed by atoms with E-state index < -0.39 is 12.0 Å². The molecule has 0 radical (unpaired) electrons. The Kier molecular flexibility index (Phi) is 4.62. The van der Waals surface area contributed by atoms with Gasteiger partial charge in [0.1, 0.15) is 0 Å². The molecule has 9 heavy (non-hydrogen) atoms. The summed E-state index contributed by atoms with van der Waals surface area (Å²) in [7, 11) is 0. The van der Waals surface area contributed by atoms with E-state index in [0.717, 1.165) is 0 Å². The van der Waals surface area contributed by atoms with Crippen LogP contribution in [0.15, 0.2) is 0 Å². The van der Waals surface area contributed by atoms with Gasteiger partial charge in [-0.05, 0) is 0 Å². The van der Waals surface area contributed by atoms with Gasteiger partial charge < -0.3 is 0 Å². The van der Waals surface area contributed by atoms with Crippen molar-refractivity contribution in [3.05, 3.63) is 0 Å². The second-order valence-electron chi connectivity index (χ2n) is 1.41. The lowest BCUT2D eigenvalue weighted by molar-refractivity contribution is 2.02. The lowest BCUT2D eigenvalue weighted by Gasteiger charge is -2.11. The van der Waals surface area contributed by atoms with Crippen LogP contribution in [0.2, 0.25) is 5.67 Å². The summed E-state index contributed by atoms with van der Waals surface area (Å²) in [6.07, 6.45) is 0. The number of rotatable bonds is 2. The summed E-state index contributed by atoms with van der Waals surface area (Å²) < 4.78 is 0. The minimum Gasteiger partial charge on any atom is -0.126 e. The second-order valence-corrected chi connectivity index (χ2v) is 20.4. The van der Waals surface area contributed by atoms with Gasteiger partial charge in [-0.25, -0.2) is 0 Å². The van der Waals surface area contributed by atoms with Crippen LogP contribution in [0.5, 0.6) is 0 Å². The highest BCUT2D eigenvalue weighted by Gasteiger charge is 2.39. The molecule has 0 atom stereocenters. The summed E-state index contributed by atoms with van der Waals surface area (Å²) in [5, 5.41) is 0. The Hall–Kier alpha value is 2.17. The molecule has 0 aliphatic rings. The molecule has 0 aliphatic heterocycles. The lowest BCUT2D eigenvalue weighted by atomic mass is 11.9. The minimum absolute atomic E-state index is 0.162. The molecular weight excluding hydrogens is 281 g/mol. The van der Waals surface area contributed by atoms with Gasteiger partial charge in [-0.1, -0.05) is 0 Å². The third-order valence-corrected chi connectivity index (χ3v) is 10.8. The molecular formula is CH2Cl6Si2. The average Bonchev–Trinajstić information content (AvgIpc) is 1.14. The largest absolute Gasteiger partial charge is 0.342 e. The molecule has 0 N–H and O–H groups in total.